The Bertz CT molecular complexity index is 798. The third-order valence-corrected chi connectivity index (χ3v) is 4.47. The van der Waals surface area contributed by atoms with Crippen LogP contribution in [0.1, 0.15) is 33.5 Å². The van der Waals surface area contributed by atoms with Crippen LogP contribution < -0.4 is 16.4 Å². The molecule has 130 valence electrons. The number of fused-ring (bicyclic) bond motifs is 1. The minimum Gasteiger partial charge on any atom is -0.370 e. The average Bonchev–Trinajstić information content (AvgIpc) is 3.09. The topological polar surface area (TPSA) is 79.5 Å². The lowest BCUT2D eigenvalue weighted by molar-refractivity contribution is 0.0963. The van der Waals surface area contributed by atoms with Gasteiger partial charge in [0.25, 0.3) is 5.91 Å². The summed E-state index contributed by atoms with van der Waals surface area (Å²) >= 11 is 0. The summed E-state index contributed by atoms with van der Waals surface area (Å²) in [6.07, 6.45) is 4.28. The van der Waals surface area contributed by atoms with E-state index in [1.807, 2.05) is 18.2 Å². The van der Waals surface area contributed by atoms with Crippen LogP contribution in [0.2, 0.25) is 0 Å². The van der Waals surface area contributed by atoms with E-state index >= 15 is 0 Å². The number of amides is 1. The molecule has 5 heteroatoms. The van der Waals surface area contributed by atoms with E-state index in [2.05, 4.69) is 33.8 Å². The van der Waals surface area contributed by atoms with Crippen LogP contribution >= 0.6 is 0 Å². The van der Waals surface area contributed by atoms with Gasteiger partial charge in [-0.1, -0.05) is 18.2 Å². The van der Waals surface area contributed by atoms with Gasteiger partial charge in [-0.05, 0) is 66.6 Å². The fraction of sp³-hybridized carbons (Fsp3) is 0.300. The second kappa shape index (κ2) is 7.83. The fourth-order valence-corrected chi connectivity index (χ4v) is 3.15. The molecule has 0 saturated carbocycles. The quantitative estimate of drug-likeness (QED) is 0.580. The molecule has 0 radical (unpaired) electrons. The molecule has 25 heavy (non-hydrogen) atoms. The molecule has 1 aliphatic carbocycles. The first-order valence-electron chi connectivity index (χ1n) is 8.65. The van der Waals surface area contributed by atoms with E-state index in [4.69, 9.17) is 5.73 Å². The van der Waals surface area contributed by atoms with Gasteiger partial charge in [0.15, 0.2) is 5.96 Å². The number of anilines is 1. The van der Waals surface area contributed by atoms with Crippen molar-refractivity contribution in [2.24, 2.45) is 10.7 Å². The molecule has 0 bridgehead atoms. The van der Waals surface area contributed by atoms with Gasteiger partial charge in [-0.3, -0.25) is 9.79 Å². The van der Waals surface area contributed by atoms with Gasteiger partial charge >= 0.3 is 0 Å². The Morgan fingerprint density at radius 2 is 2.00 bits per heavy atom. The first-order chi connectivity index (χ1) is 12.2. The van der Waals surface area contributed by atoms with Crippen molar-refractivity contribution in [1.29, 1.82) is 0 Å². The number of nitrogens with two attached hydrogens (primary N) is 1. The number of benzene rings is 2. The van der Waals surface area contributed by atoms with Gasteiger partial charge in [0.2, 0.25) is 0 Å². The molecule has 0 saturated heterocycles. The second-order valence-corrected chi connectivity index (χ2v) is 6.26. The monoisotopic (exact) mass is 336 g/mol. The molecule has 0 fully saturated rings. The summed E-state index contributed by atoms with van der Waals surface area (Å²) in [4.78, 5) is 16.0. The largest absolute Gasteiger partial charge is 0.370 e. The third kappa shape index (κ3) is 4.38. The SMILES string of the molecule is CNC(=O)c1cccc(CCN=C(N)Nc2ccc3c(c2)CCC3)c1. The lowest BCUT2D eigenvalue weighted by Crippen LogP contribution is -2.23. The van der Waals surface area contributed by atoms with Crippen LogP contribution in [-0.4, -0.2) is 25.5 Å². The number of carbonyl (C=O) groups excluding carboxylic acids is 1. The van der Waals surface area contributed by atoms with Gasteiger partial charge in [-0.25, -0.2) is 0 Å². The minimum absolute atomic E-state index is 0.0804. The molecule has 0 aliphatic heterocycles. The van der Waals surface area contributed by atoms with Crippen molar-refractivity contribution in [2.75, 3.05) is 18.9 Å². The summed E-state index contributed by atoms with van der Waals surface area (Å²) in [5, 5.41) is 5.79. The van der Waals surface area contributed by atoms with Crippen LogP contribution in [0.15, 0.2) is 47.5 Å². The maximum atomic E-state index is 11.7. The minimum atomic E-state index is -0.0804. The zero-order valence-corrected chi connectivity index (χ0v) is 14.5. The first-order valence-corrected chi connectivity index (χ1v) is 8.65. The van der Waals surface area contributed by atoms with E-state index in [9.17, 15) is 4.79 Å². The molecule has 1 aliphatic rings. The van der Waals surface area contributed by atoms with Crippen LogP contribution in [0.4, 0.5) is 5.69 Å². The number of hydrogen-bond acceptors (Lipinski definition) is 2. The van der Waals surface area contributed by atoms with Crippen molar-refractivity contribution in [3.8, 4) is 0 Å². The molecule has 0 atom stereocenters. The Morgan fingerprint density at radius 3 is 2.84 bits per heavy atom. The summed E-state index contributed by atoms with van der Waals surface area (Å²) in [5.41, 5.74) is 11.6. The van der Waals surface area contributed by atoms with Gasteiger partial charge in [0.1, 0.15) is 0 Å². The number of aliphatic imine (C=N–C) groups is 1. The maximum absolute atomic E-state index is 11.7. The number of nitrogens with one attached hydrogen (secondary N) is 2. The van der Waals surface area contributed by atoms with E-state index in [-0.39, 0.29) is 5.91 Å². The molecule has 4 N–H and O–H groups in total. The second-order valence-electron chi connectivity index (χ2n) is 6.26. The number of aryl methyl sites for hydroxylation is 2. The average molecular weight is 336 g/mol. The predicted octanol–water partition coefficient (Wildman–Crippen LogP) is 2.50. The fourth-order valence-electron chi connectivity index (χ4n) is 3.15. The van der Waals surface area contributed by atoms with Crippen LogP contribution in [0.5, 0.6) is 0 Å². The number of guanidine groups is 1. The lowest BCUT2D eigenvalue weighted by Gasteiger charge is -2.08. The zero-order chi connectivity index (χ0) is 17.6. The van der Waals surface area contributed by atoms with Crippen molar-refractivity contribution in [2.45, 2.75) is 25.7 Å². The van der Waals surface area contributed by atoms with Crippen LogP contribution in [0, 0.1) is 0 Å². The van der Waals surface area contributed by atoms with Crippen molar-refractivity contribution in [3.63, 3.8) is 0 Å². The number of nitrogens with zero attached hydrogens (tertiary/aromatic N) is 1. The van der Waals surface area contributed by atoms with Gasteiger partial charge < -0.3 is 16.4 Å². The highest BCUT2D eigenvalue weighted by Gasteiger charge is 2.10. The van der Waals surface area contributed by atoms with E-state index in [0.29, 0.717) is 18.1 Å². The normalized spacial score (nSPS) is 13.4. The van der Waals surface area contributed by atoms with E-state index in [1.54, 1.807) is 13.1 Å². The maximum Gasteiger partial charge on any atom is 0.251 e. The molecular formula is C20H24N4O. The highest BCUT2D eigenvalue weighted by molar-refractivity contribution is 5.94. The Kier molecular flexibility index (Phi) is 5.33. The molecule has 0 heterocycles. The zero-order valence-electron chi connectivity index (χ0n) is 14.5. The molecule has 0 unspecified atom stereocenters. The highest BCUT2D eigenvalue weighted by Crippen LogP contribution is 2.24. The lowest BCUT2D eigenvalue weighted by atomic mass is 10.1. The Balaban J connectivity index is 1.56. The molecule has 5 nitrogen and oxygen atoms in total. The summed E-state index contributed by atoms with van der Waals surface area (Å²) in [6.45, 7) is 0.570. The van der Waals surface area contributed by atoms with Crippen LogP contribution in [0.3, 0.4) is 0 Å². The van der Waals surface area contributed by atoms with Gasteiger partial charge in [-0.2, -0.15) is 0 Å². The van der Waals surface area contributed by atoms with Gasteiger partial charge in [0.05, 0.1) is 0 Å². The van der Waals surface area contributed by atoms with Crippen molar-refractivity contribution >= 4 is 17.6 Å². The summed E-state index contributed by atoms with van der Waals surface area (Å²) in [5.74, 6) is 0.337. The number of carbonyl (C=O) groups is 1. The molecule has 1 amide bonds. The van der Waals surface area contributed by atoms with Crippen molar-refractivity contribution in [1.82, 2.24) is 5.32 Å². The Hall–Kier alpha value is -2.82. The third-order valence-electron chi connectivity index (χ3n) is 4.47. The molecule has 2 aromatic rings. The predicted molar refractivity (Wildman–Crippen MR) is 102 cm³/mol. The number of hydrogen-bond donors (Lipinski definition) is 3. The highest BCUT2D eigenvalue weighted by atomic mass is 16.1. The summed E-state index contributed by atoms with van der Waals surface area (Å²) in [7, 11) is 1.63. The summed E-state index contributed by atoms with van der Waals surface area (Å²) in [6, 6.07) is 14.0. The Morgan fingerprint density at radius 1 is 1.16 bits per heavy atom. The number of rotatable bonds is 5. The molecule has 0 aromatic heterocycles. The van der Waals surface area contributed by atoms with Crippen molar-refractivity contribution < 1.29 is 4.79 Å². The van der Waals surface area contributed by atoms with E-state index in [1.165, 1.54) is 24.0 Å². The molecule has 0 spiro atoms. The molecule has 2 aromatic carbocycles. The smallest absolute Gasteiger partial charge is 0.251 e. The van der Waals surface area contributed by atoms with Gasteiger partial charge in [-0.15, -0.1) is 0 Å². The standard InChI is InChI=1S/C20H24N4O/c1-22-19(25)17-7-2-4-14(12-17)10-11-23-20(21)24-18-9-8-15-5-3-6-16(15)13-18/h2,4,7-9,12-13H,3,5-6,10-11H2,1H3,(H,22,25)(H3,21,23,24). The van der Waals surface area contributed by atoms with Crippen LogP contribution in [0.25, 0.3) is 0 Å². The van der Waals surface area contributed by atoms with Crippen LogP contribution in [-0.2, 0) is 19.3 Å². The van der Waals surface area contributed by atoms with E-state index < -0.39 is 0 Å². The molecular weight excluding hydrogens is 312 g/mol. The summed E-state index contributed by atoms with van der Waals surface area (Å²) < 4.78 is 0. The first kappa shape index (κ1) is 17.0. The van der Waals surface area contributed by atoms with E-state index in [0.717, 1.165) is 24.1 Å². The van der Waals surface area contributed by atoms with Crippen molar-refractivity contribution in [3.05, 3.63) is 64.7 Å². The Labute approximate surface area is 148 Å². The molecule has 3 rings (SSSR count). The van der Waals surface area contributed by atoms with Gasteiger partial charge in [0, 0.05) is 24.8 Å².